The van der Waals surface area contributed by atoms with Crippen molar-refractivity contribution in [3.63, 3.8) is 0 Å². The Kier molecular flexibility index (Phi) is 5.13. The number of nitrogens with zero attached hydrogens (tertiary/aromatic N) is 1. The lowest BCUT2D eigenvalue weighted by molar-refractivity contribution is 0.393. The molecule has 1 unspecified atom stereocenters. The molecule has 1 aromatic rings. The van der Waals surface area contributed by atoms with Crippen molar-refractivity contribution in [3.8, 4) is 0 Å². The van der Waals surface area contributed by atoms with Crippen molar-refractivity contribution >= 4 is 27.3 Å². The van der Waals surface area contributed by atoms with E-state index in [1.165, 1.54) is 5.56 Å². The first kappa shape index (κ1) is 14.4. The lowest BCUT2D eigenvalue weighted by Crippen LogP contribution is -2.34. The van der Waals surface area contributed by atoms with E-state index >= 15 is 0 Å². The molecule has 0 aliphatic carbocycles. The van der Waals surface area contributed by atoms with E-state index in [0.717, 1.165) is 29.6 Å². The number of benzene rings is 1. The van der Waals surface area contributed by atoms with Gasteiger partial charge in [0.2, 0.25) is 0 Å². The monoisotopic (exact) mass is 329 g/mol. The molecule has 0 radical (unpaired) electrons. The third-order valence-electron chi connectivity index (χ3n) is 3.20. The van der Waals surface area contributed by atoms with Gasteiger partial charge in [0.15, 0.2) is 0 Å². The SMILES string of the molecule is CC(C)C[S+]([O-])N1CCC[C@@H]1c1ccc(Br)cc1. The summed E-state index contributed by atoms with van der Waals surface area (Å²) in [6, 6.07) is 8.74. The number of hydrogen-bond donors (Lipinski definition) is 0. The van der Waals surface area contributed by atoms with Gasteiger partial charge >= 0.3 is 0 Å². The lowest BCUT2D eigenvalue weighted by atomic mass is 10.1. The Balaban J connectivity index is 2.09. The van der Waals surface area contributed by atoms with E-state index in [4.69, 9.17) is 0 Å². The summed E-state index contributed by atoms with van der Waals surface area (Å²) < 4.78 is 15.6. The molecule has 1 aliphatic rings. The second-order valence-corrected chi connectivity index (χ2v) is 7.59. The average molecular weight is 330 g/mol. The molecule has 1 heterocycles. The van der Waals surface area contributed by atoms with Crippen LogP contribution >= 0.6 is 15.9 Å². The highest BCUT2D eigenvalue weighted by molar-refractivity contribution is 9.10. The van der Waals surface area contributed by atoms with Gasteiger partial charge < -0.3 is 4.55 Å². The highest BCUT2D eigenvalue weighted by atomic mass is 79.9. The Morgan fingerprint density at radius 3 is 2.67 bits per heavy atom. The first-order chi connectivity index (χ1) is 8.58. The summed E-state index contributed by atoms with van der Waals surface area (Å²) in [5.41, 5.74) is 1.29. The van der Waals surface area contributed by atoms with E-state index in [9.17, 15) is 4.55 Å². The van der Waals surface area contributed by atoms with Crippen LogP contribution in [0.5, 0.6) is 0 Å². The van der Waals surface area contributed by atoms with E-state index in [2.05, 4.69) is 58.3 Å². The first-order valence-corrected chi connectivity index (χ1v) is 8.55. The molecule has 0 spiro atoms. The predicted molar refractivity (Wildman–Crippen MR) is 80.7 cm³/mol. The van der Waals surface area contributed by atoms with Crippen LogP contribution in [-0.2, 0) is 11.4 Å². The lowest BCUT2D eigenvalue weighted by Gasteiger charge is -2.27. The third kappa shape index (κ3) is 3.50. The summed E-state index contributed by atoms with van der Waals surface area (Å²) in [4.78, 5) is 0. The van der Waals surface area contributed by atoms with Crippen LogP contribution in [-0.4, -0.2) is 21.2 Å². The Hall–Kier alpha value is -0.0300. The fourth-order valence-electron chi connectivity index (χ4n) is 2.38. The third-order valence-corrected chi connectivity index (χ3v) is 5.64. The molecule has 0 bridgehead atoms. The highest BCUT2D eigenvalue weighted by Crippen LogP contribution is 2.35. The normalized spacial score (nSPS) is 22.6. The fraction of sp³-hybridized carbons (Fsp3) is 0.571. The van der Waals surface area contributed by atoms with Crippen LogP contribution in [0.25, 0.3) is 0 Å². The highest BCUT2D eigenvalue weighted by Gasteiger charge is 2.34. The molecule has 2 nitrogen and oxygen atoms in total. The van der Waals surface area contributed by atoms with Crippen molar-refractivity contribution in [1.29, 1.82) is 0 Å². The van der Waals surface area contributed by atoms with Gasteiger partial charge in [-0.1, -0.05) is 41.9 Å². The van der Waals surface area contributed by atoms with Crippen molar-refractivity contribution in [2.45, 2.75) is 32.7 Å². The van der Waals surface area contributed by atoms with Gasteiger partial charge in [-0.25, -0.2) is 0 Å². The van der Waals surface area contributed by atoms with Crippen LogP contribution in [0, 0.1) is 5.92 Å². The summed E-state index contributed by atoms with van der Waals surface area (Å²) in [7, 11) is 0. The van der Waals surface area contributed by atoms with Gasteiger partial charge in [-0.05, 0) is 36.5 Å². The molecule has 0 amide bonds. The molecule has 18 heavy (non-hydrogen) atoms. The molecule has 1 saturated heterocycles. The van der Waals surface area contributed by atoms with Crippen molar-refractivity contribution in [3.05, 3.63) is 34.3 Å². The largest absolute Gasteiger partial charge is 0.598 e. The van der Waals surface area contributed by atoms with Gasteiger partial charge in [0.25, 0.3) is 0 Å². The quantitative estimate of drug-likeness (QED) is 0.783. The van der Waals surface area contributed by atoms with Crippen molar-refractivity contribution in [2.75, 3.05) is 12.3 Å². The Morgan fingerprint density at radius 1 is 1.39 bits per heavy atom. The number of hydrogen-bond acceptors (Lipinski definition) is 2. The van der Waals surface area contributed by atoms with Crippen LogP contribution in [0.4, 0.5) is 0 Å². The van der Waals surface area contributed by atoms with Gasteiger partial charge in [0, 0.05) is 22.4 Å². The minimum absolute atomic E-state index is 0.331. The number of rotatable bonds is 4. The summed E-state index contributed by atoms with van der Waals surface area (Å²) in [6.07, 6.45) is 2.26. The van der Waals surface area contributed by atoms with Crippen molar-refractivity contribution < 1.29 is 4.55 Å². The molecule has 4 heteroatoms. The topological polar surface area (TPSA) is 26.3 Å². The molecule has 100 valence electrons. The maximum atomic E-state index is 12.3. The van der Waals surface area contributed by atoms with E-state index in [1.807, 2.05) is 0 Å². The Morgan fingerprint density at radius 2 is 2.06 bits per heavy atom. The van der Waals surface area contributed by atoms with Crippen LogP contribution in [0.1, 0.15) is 38.3 Å². The maximum absolute atomic E-state index is 12.3. The fourth-order valence-corrected chi connectivity index (χ4v) is 4.25. The summed E-state index contributed by atoms with van der Waals surface area (Å²) >= 11 is 2.62. The van der Waals surface area contributed by atoms with Crippen molar-refractivity contribution in [1.82, 2.24) is 4.31 Å². The van der Waals surface area contributed by atoms with E-state index in [-0.39, 0.29) is 0 Å². The van der Waals surface area contributed by atoms with Gasteiger partial charge in [0.05, 0.1) is 6.04 Å². The molecule has 0 N–H and O–H groups in total. The van der Waals surface area contributed by atoms with Gasteiger partial charge in [-0.2, -0.15) is 0 Å². The van der Waals surface area contributed by atoms with Gasteiger partial charge in [-0.3, -0.25) is 0 Å². The molecule has 0 aromatic heterocycles. The first-order valence-electron chi connectivity index (χ1n) is 6.48. The summed E-state index contributed by atoms with van der Waals surface area (Å²) in [6.45, 7) is 5.21. The molecule has 1 aliphatic heterocycles. The number of halogens is 1. The summed E-state index contributed by atoms with van der Waals surface area (Å²) in [5, 5.41) is 0. The molecular weight excluding hydrogens is 310 g/mol. The van der Waals surface area contributed by atoms with E-state index in [1.54, 1.807) is 0 Å². The van der Waals surface area contributed by atoms with E-state index in [0.29, 0.717) is 12.0 Å². The Bertz CT molecular complexity index is 382. The van der Waals surface area contributed by atoms with Gasteiger partial charge in [-0.15, -0.1) is 4.31 Å². The second-order valence-electron chi connectivity index (χ2n) is 5.23. The van der Waals surface area contributed by atoms with E-state index < -0.39 is 11.4 Å². The second kappa shape index (κ2) is 6.42. The Labute approximate surface area is 121 Å². The zero-order valence-electron chi connectivity index (χ0n) is 10.9. The van der Waals surface area contributed by atoms with Crippen LogP contribution in [0.3, 0.4) is 0 Å². The molecule has 2 rings (SSSR count). The standard InChI is InChI=1S/C14H20BrNOS/c1-11(2)10-18(17)16-9-3-4-14(16)12-5-7-13(15)8-6-12/h5-8,11,14H,3-4,9-10H2,1-2H3/t14-,18?/m1/s1. The zero-order chi connectivity index (χ0) is 13.1. The molecule has 2 atom stereocenters. The van der Waals surface area contributed by atoms with Crippen LogP contribution < -0.4 is 0 Å². The minimum atomic E-state index is -0.840. The molecular formula is C14H20BrNOS. The summed E-state index contributed by atoms with van der Waals surface area (Å²) in [5.74, 6) is 1.25. The average Bonchev–Trinajstić information content (AvgIpc) is 2.78. The molecule has 0 saturated carbocycles. The maximum Gasteiger partial charge on any atom is 0.128 e. The molecule has 1 aromatic carbocycles. The minimum Gasteiger partial charge on any atom is -0.598 e. The molecule has 1 fully saturated rings. The smallest absolute Gasteiger partial charge is 0.128 e. The van der Waals surface area contributed by atoms with Crippen LogP contribution in [0.2, 0.25) is 0 Å². The van der Waals surface area contributed by atoms with Crippen LogP contribution in [0.15, 0.2) is 28.7 Å². The zero-order valence-corrected chi connectivity index (χ0v) is 13.3. The van der Waals surface area contributed by atoms with Crippen molar-refractivity contribution in [2.24, 2.45) is 5.92 Å². The van der Waals surface area contributed by atoms with Gasteiger partial charge in [0.1, 0.15) is 5.75 Å². The predicted octanol–water partition coefficient (Wildman–Crippen LogP) is 3.91.